The van der Waals surface area contributed by atoms with Gasteiger partial charge in [0.15, 0.2) is 15.8 Å². The first-order valence-electron chi connectivity index (χ1n) is 8.74. The van der Waals surface area contributed by atoms with Crippen LogP contribution in [0.25, 0.3) is 0 Å². The van der Waals surface area contributed by atoms with Crippen LogP contribution in [0.2, 0.25) is 0 Å². The van der Waals surface area contributed by atoms with Crippen molar-refractivity contribution >= 4 is 15.8 Å². The number of aliphatic imine (C=N–C) groups is 1. The summed E-state index contributed by atoms with van der Waals surface area (Å²) in [6.07, 6.45) is 7.37. The molecule has 2 aliphatic rings. The number of rotatable bonds is 5. The molecule has 1 aromatic heterocycles. The molecule has 24 heavy (non-hydrogen) atoms. The van der Waals surface area contributed by atoms with Gasteiger partial charge in [0.25, 0.3) is 0 Å². The second-order valence-corrected chi connectivity index (χ2v) is 9.12. The lowest BCUT2D eigenvalue weighted by Gasteiger charge is -2.19. The van der Waals surface area contributed by atoms with E-state index >= 15 is 0 Å². The highest BCUT2D eigenvalue weighted by molar-refractivity contribution is 7.91. The van der Waals surface area contributed by atoms with Crippen LogP contribution >= 0.6 is 0 Å². The molecule has 2 heterocycles. The van der Waals surface area contributed by atoms with E-state index in [4.69, 9.17) is 0 Å². The monoisotopic (exact) mass is 353 g/mol. The molecule has 1 atom stereocenters. The van der Waals surface area contributed by atoms with Crippen LogP contribution in [0.15, 0.2) is 17.3 Å². The van der Waals surface area contributed by atoms with Gasteiger partial charge in [0.1, 0.15) is 0 Å². The topological polar surface area (TPSA) is 88.4 Å². The largest absolute Gasteiger partial charge is 0.356 e. The predicted octanol–water partition coefficient (Wildman–Crippen LogP) is 0.833. The number of guanidine groups is 1. The molecule has 0 spiro atoms. The molecular formula is C16H27N5O2S. The van der Waals surface area contributed by atoms with Gasteiger partial charge in [0.2, 0.25) is 0 Å². The van der Waals surface area contributed by atoms with Crippen molar-refractivity contribution in [3.8, 4) is 0 Å². The van der Waals surface area contributed by atoms with Gasteiger partial charge in [-0.05, 0) is 31.2 Å². The van der Waals surface area contributed by atoms with Crippen LogP contribution in [0.5, 0.6) is 0 Å². The summed E-state index contributed by atoms with van der Waals surface area (Å²) < 4.78 is 25.0. The number of aryl methyl sites for hydroxylation is 1. The van der Waals surface area contributed by atoms with Crippen molar-refractivity contribution in [2.45, 2.75) is 44.7 Å². The molecule has 1 aliphatic heterocycles. The summed E-state index contributed by atoms with van der Waals surface area (Å²) in [5, 5.41) is 11.0. The van der Waals surface area contributed by atoms with Gasteiger partial charge >= 0.3 is 0 Å². The number of sulfone groups is 1. The van der Waals surface area contributed by atoms with E-state index in [1.807, 2.05) is 17.8 Å². The first-order valence-corrected chi connectivity index (χ1v) is 10.6. The Bertz CT molecular complexity index is 676. The van der Waals surface area contributed by atoms with Gasteiger partial charge in [-0.15, -0.1) is 0 Å². The minimum absolute atomic E-state index is 0.183. The Labute approximate surface area is 143 Å². The van der Waals surface area contributed by atoms with Crippen LogP contribution in [-0.4, -0.2) is 48.3 Å². The Morgan fingerprint density at radius 2 is 2.17 bits per heavy atom. The summed E-state index contributed by atoms with van der Waals surface area (Å²) in [5.41, 5.74) is 1.05. The van der Waals surface area contributed by atoms with Gasteiger partial charge in [-0.2, -0.15) is 5.10 Å². The second kappa shape index (κ2) is 7.55. The zero-order valence-corrected chi connectivity index (χ0v) is 15.1. The standard InChI is InChI=1S/C16H27N5O2S/c1-21-15(6-8-19-21)11-18-16(20-14-4-2-3-5-14)17-10-13-7-9-24(22,23)12-13/h6,8,13-14H,2-5,7,9-12H2,1H3,(H2,17,18,20). The zero-order valence-electron chi connectivity index (χ0n) is 14.2. The Balaban J connectivity index is 1.59. The minimum atomic E-state index is -2.83. The zero-order chi connectivity index (χ0) is 17.0. The van der Waals surface area contributed by atoms with Gasteiger partial charge in [0.05, 0.1) is 23.7 Å². The van der Waals surface area contributed by atoms with Crippen molar-refractivity contribution in [1.29, 1.82) is 0 Å². The summed E-state index contributed by atoms with van der Waals surface area (Å²) in [6, 6.07) is 2.43. The third kappa shape index (κ3) is 4.72. The van der Waals surface area contributed by atoms with Gasteiger partial charge < -0.3 is 10.6 Å². The Morgan fingerprint density at radius 3 is 2.79 bits per heavy atom. The molecule has 1 saturated heterocycles. The lowest BCUT2D eigenvalue weighted by atomic mass is 10.1. The molecule has 1 unspecified atom stereocenters. The fourth-order valence-electron chi connectivity index (χ4n) is 3.41. The van der Waals surface area contributed by atoms with E-state index in [1.54, 1.807) is 6.20 Å². The van der Waals surface area contributed by atoms with Crippen LogP contribution in [-0.2, 0) is 23.4 Å². The fourth-order valence-corrected chi connectivity index (χ4v) is 5.27. The molecule has 134 valence electrons. The molecular weight excluding hydrogens is 326 g/mol. The molecule has 3 rings (SSSR count). The van der Waals surface area contributed by atoms with E-state index in [0.29, 0.717) is 30.6 Å². The maximum atomic E-state index is 11.6. The summed E-state index contributed by atoms with van der Waals surface area (Å²) in [5.74, 6) is 1.57. The molecule has 8 heteroatoms. The van der Waals surface area contributed by atoms with E-state index in [2.05, 4.69) is 20.7 Å². The molecule has 0 radical (unpaired) electrons. The van der Waals surface area contributed by atoms with Crippen molar-refractivity contribution in [2.75, 3.05) is 18.1 Å². The average molecular weight is 353 g/mol. The Morgan fingerprint density at radius 1 is 1.38 bits per heavy atom. The lowest BCUT2D eigenvalue weighted by molar-refractivity contribution is 0.553. The second-order valence-electron chi connectivity index (χ2n) is 6.89. The Kier molecular flexibility index (Phi) is 5.43. The SMILES string of the molecule is Cn1nccc1CN=C(NCC1CCS(=O)(=O)C1)NC1CCCC1. The summed E-state index contributed by atoms with van der Waals surface area (Å²) in [7, 11) is -0.923. The molecule has 0 aromatic carbocycles. The van der Waals surface area contributed by atoms with Crippen LogP contribution in [0.4, 0.5) is 0 Å². The summed E-state index contributed by atoms with van der Waals surface area (Å²) in [6.45, 7) is 1.21. The predicted molar refractivity (Wildman–Crippen MR) is 94.5 cm³/mol. The van der Waals surface area contributed by atoms with Crippen molar-refractivity contribution in [1.82, 2.24) is 20.4 Å². The van der Waals surface area contributed by atoms with Crippen LogP contribution < -0.4 is 10.6 Å². The van der Waals surface area contributed by atoms with E-state index < -0.39 is 9.84 Å². The normalized spacial score (nSPS) is 24.4. The maximum Gasteiger partial charge on any atom is 0.191 e. The first kappa shape index (κ1) is 17.3. The first-order chi connectivity index (χ1) is 11.5. The molecule has 1 saturated carbocycles. The summed E-state index contributed by atoms with van der Waals surface area (Å²) in [4.78, 5) is 4.67. The summed E-state index contributed by atoms with van der Waals surface area (Å²) >= 11 is 0. The molecule has 1 aromatic rings. The highest BCUT2D eigenvalue weighted by Gasteiger charge is 2.28. The van der Waals surface area contributed by atoms with Gasteiger partial charge in [-0.25, -0.2) is 13.4 Å². The van der Waals surface area contributed by atoms with Crippen molar-refractivity contribution in [2.24, 2.45) is 18.0 Å². The van der Waals surface area contributed by atoms with Crippen LogP contribution in [0, 0.1) is 5.92 Å². The number of aromatic nitrogens is 2. The average Bonchev–Trinajstić information content (AvgIpc) is 3.25. The van der Waals surface area contributed by atoms with E-state index in [-0.39, 0.29) is 5.92 Å². The number of nitrogens with zero attached hydrogens (tertiary/aromatic N) is 3. The van der Waals surface area contributed by atoms with Gasteiger partial charge in [-0.1, -0.05) is 12.8 Å². The molecule has 2 N–H and O–H groups in total. The highest BCUT2D eigenvalue weighted by atomic mass is 32.2. The third-order valence-corrected chi connectivity index (χ3v) is 6.74. The molecule has 2 fully saturated rings. The minimum Gasteiger partial charge on any atom is -0.356 e. The number of hydrogen-bond acceptors (Lipinski definition) is 4. The van der Waals surface area contributed by atoms with E-state index in [1.165, 1.54) is 25.7 Å². The number of hydrogen-bond donors (Lipinski definition) is 2. The molecule has 7 nitrogen and oxygen atoms in total. The third-order valence-electron chi connectivity index (χ3n) is 4.90. The molecule has 0 bridgehead atoms. The molecule has 1 aliphatic carbocycles. The fraction of sp³-hybridized carbons (Fsp3) is 0.750. The highest BCUT2D eigenvalue weighted by Crippen LogP contribution is 2.19. The lowest BCUT2D eigenvalue weighted by Crippen LogP contribution is -2.44. The maximum absolute atomic E-state index is 11.6. The quantitative estimate of drug-likeness (QED) is 0.605. The van der Waals surface area contributed by atoms with Crippen LogP contribution in [0.3, 0.4) is 0 Å². The van der Waals surface area contributed by atoms with Gasteiger partial charge in [0, 0.05) is 25.8 Å². The Hall–Kier alpha value is -1.57. The van der Waals surface area contributed by atoms with Crippen LogP contribution in [0.1, 0.15) is 37.8 Å². The van der Waals surface area contributed by atoms with E-state index in [9.17, 15) is 8.42 Å². The van der Waals surface area contributed by atoms with Crippen molar-refractivity contribution in [3.63, 3.8) is 0 Å². The number of nitrogens with one attached hydrogen (secondary N) is 2. The smallest absolute Gasteiger partial charge is 0.191 e. The van der Waals surface area contributed by atoms with Gasteiger partial charge in [-0.3, -0.25) is 4.68 Å². The van der Waals surface area contributed by atoms with E-state index in [0.717, 1.165) is 18.1 Å². The van der Waals surface area contributed by atoms with Crippen molar-refractivity contribution in [3.05, 3.63) is 18.0 Å². The van der Waals surface area contributed by atoms with Crippen molar-refractivity contribution < 1.29 is 8.42 Å². The molecule has 0 amide bonds.